The molecule has 3 aromatic heterocycles. The van der Waals surface area contributed by atoms with E-state index >= 15 is 0 Å². The first-order valence-electron chi connectivity index (χ1n) is 14.0. The van der Waals surface area contributed by atoms with Gasteiger partial charge in [0, 0.05) is 31.0 Å². The SMILES string of the molecule is Cc1nc2c(F)cc(-c3nc(Nc4ccc(C(C)C5CCN(CCCO)CC5)cn4)ncc3F)cc2n1C(C)C. The molecule has 40 heavy (non-hydrogen) atoms. The standard InChI is InChI=1S/C30H37F2N7O/c1-18(2)39-20(4)35-29-24(31)14-23(15-26(29)39)28-25(32)17-34-30(37-28)36-27-7-6-22(16-33-27)19(3)21-8-11-38(12-9-21)10-5-13-40/h6-7,14-19,21,40H,5,8-13H2,1-4H3,(H,33,34,36,37). The van der Waals surface area contributed by atoms with E-state index in [-0.39, 0.29) is 29.8 Å². The first-order valence-corrected chi connectivity index (χ1v) is 14.0. The van der Waals surface area contributed by atoms with Gasteiger partial charge in [-0.1, -0.05) is 13.0 Å². The maximum absolute atomic E-state index is 15.0. The molecule has 10 heteroatoms. The third-order valence-electron chi connectivity index (χ3n) is 7.98. The molecule has 1 fully saturated rings. The largest absolute Gasteiger partial charge is 0.396 e. The Morgan fingerprint density at radius 3 is 2.48 bits per heavy atom. The number of aliphatic hydroxyl groups excluding tert-OH is 1. The number of halogens is 2. The number of anilines is 2. The maximum atomic E-state index is 15.0. The van der Waals surface area contributed by atoms with Crippen LogP contribution in [0.3, 0.4) is 0 Å². The normalized spacial score (nSPS) is 15.7. The van der Waals surface area contributed by atoms with Crippen molar-refractivity contribution in [3.8, 4) is 11.3 Å². The number of hydrogen-bond acceptors (Lipinski definition) is 7. The second-order valence-corrected chi connectivity index (χ2v) is 11.0. The minimum Gasteiger partial charge on any atom is -0.396 e. The molecule has 1 aromatic carbocycles. The molecule has 2 N–H and O–H groups in total. The van der Waals surface area contributed by atoms with Crippen LogP contribution in [0.5, 0.6) is 0 Å². The average molecular weight is 550 g/mol. The monoisotopic (exact) mass is 549 g/mol. The highest BCUT2D eigenvalue weighted by molar-refractivity contribution is 5.83. The minimum atomic E-state index is -0.642. The van der Waals surface area contributed by atoms with Gasteiger partial charge in [0.25, 0.3) is 0 Å². The fourth-order valence-corrected chi connectivity index (χ4v) is 5.79. The van der Waals surface area contributed by atoms with Crippen LogP contribution in [0.4, 0.5) is 20.5 Å². The van der Waals surface area contributed by atoms with Crippen LogP contribution in [0.1, 0.15) is 63.4 Å². The van der Waals surface area contributed by atoms with Crippen LogP contribution >= 0.6 is 0 Å². The van der Waals surface area contributed by atoms with Gasteiger partial charge in [-0.3, -0.25) is 0 Å². The molecule has 0 aliphatic carbocycles. The van der Waals surface area contributed by atoms with Gasteiger partial charge in [-0.15, -0.1) is 0 Å². The number of pyridine rings is 1. The molecule has 4 heterocycles. The predicted molar refractivity (Wildman–Crippen MR) is 153 cm³/mol. The number of aliphatic hydroxyl groups is 1. The summed E-state index contributed by atoms with van der Waals surface area (Å²) in [7, 11) is 0. The number of nitrogens with zero attached hydrogens (tertiary/aromatic N) is 6. The van der Waals surface area contributed by atoms with Crippen LogP contribution in [-0.2, 0) is 0 Å². The van der Waals surface area contributed by atoms with Crippen LogP contribution in [0.15, 0.2) is 36.7 Å². The molecule has 0 saturated carbocycles. The topological polar surface area (TPSA) is 92.0 Å². The molecule has 4 aromatic rings. The van der Waals surface area contributed by atoms with Gasteiger partial charge >= 0.3 is 0 Å². The number of aryl methyl sites for hydroxylation is 1. The zero-order chi connectivity index (χ0) is 28.4. The molecule has 1 saturated heterocycles. The Balaban J connectivity index is 1.31. The molecule has 0 bridgehead atoms. The Hall–Kier alpha value is -3.50. The van der Waals surface area contributed by atoms with E-state index < -0.39 is 11.6 Å². The van der Waals surface area contributed by atoms with E-state index in [1.807, 2.05) is 37.6 Å². The van der Waals surface area contributed by atoms with E-state index in [0.717, 1.165) is 45.1 Å². The van der Waals surface area contributed by atoms with Crippen LogP contribution in [-0.4, -0.2) is 60.8 Å². The van der Waals surface area contributed by atoms with Crippen molar-refractivity contribution in [2.75, 3.05) is 31.6 Å². The average Bonchev–Trinajstić information content (AvgIpc) is 3.30. The molecule has 8 nitrogen and oxygen atoms in total. The highest BCUT2D eigenvalue weighted by atomic mass is 19.1. The van der Waals surface area contributed by atoms with E-state index in [9.17, 15) is 8.78 Å². The van der Waals surface area contributed by atoms with E-state index in [1.54, 1.807) is 6.07 Å². The molecule has 1 aliphatic rings. The lowest BCUT2D eigenvalue weighted by Gasteiger charge is -2.35. The molecule has 1 aliphatic heterocycles. The lowest BCUT2D eigenvalue weighted by molar-refractivity contribution is 0.157. The van der Waals surface area contributed by atoms with Gasteiger partial charge in [0.05, 0.1) is 11.7 Å². The number of hydrogen-bond donors (Lipinski definition) is 2. The van der Waals surface area contributed by atoms with E-state index in [4.69, 9.17) is 5.11 Å². The summed E-state index contributed by atoms with van der Waals surface area (Å²) in [5.41, 5.74) is 2.34. The van der Waals surface area contributed by atoms with Crippen molar-refractivity contribution in [3.05, 3.63) is 59.7 Å². The maximum Gasteiger partial charge on any atom is 0.229 e. The fourth-order valence-electron chi connectivity index (χ4n) is 5.79. The Kier molecular flexibility index (Phi) is 8.37. The molecule has 1 atom stereocenters. The number of piperidine rings is 1. The zero-order valence-corrected chi connectivity index (χ0v) is 23.5. The number of rotatable bonds is 9. The summed E-state index contributed by atoms with van der Waals surface area (Å²) in [5, 5.41) is 12.1. The van der Waals surface area contributed by atoms with Gasteiger partial charge in [-0.2, -0.15) is 0 Å². The molecule has 5 rings (SSSR count). The second kappa shape index (κ2) is 11.9. The molecule has 1 unspecified atom stereocenters. The zero-order valence-electron chi connectivity index (χ0n) is 23.5. The smallest absolute Gasteiger partial charge is 0.229 e. The fraction of sp³-hybridized carbons (Fsp3) is 0.467. The van der Waals surface area contributed by atoms with Gasteiger partial charge < -0.3 is 19.9 Å². The molecule has 212 valence electrons. The summed E-state index contributed by atoms with van der Waals surface area (Å²) < 4.78 is 31.8. The van der Waals surface area contributed by atoms with Crippen molar-refractivity contribution in [1.29, 1.82) is 0 Å². The van der Waals surface area contributed by atoms with Gasteiger partial charge in [0.1, 0.15) is 22.9 Å². The number of nitrogens with one attached hydrogen (secondary N) is 1. The van der Waals surface area contributed by atoms with Crippen LogP contribution in [0.2, 0.25) is 0 Å². The molecule has 0 spiro atoms. The van der Waals surface area contributed by atoms with Crippen LogP contribution in [0.25, 0.3) is 22.3 Å². The summed E-state index contributed by atoms with van der Waals surface area (Å²) in [4.78, 5) is 19.8. The van der Waals surface area contributed by atoms with Crippen molar-refractivity contribution < 1.29 is 13.9 Å². The molecular formula is C30H37F2N7O. The Morgan fingerprint density at radius 2 is 1.80 bits per heavy atom. The van der Waals surface area contributed by atoms with Gasteiger partial charge in [-0.25, -0.2) is 28.7 Å². The minimum absolute atomic E-state index is 0.00281. The summed E-state index contributed by atoms with van der Waals surface area (Å²) in [6.45, 7) is 11.4. The van der Waals surface area contributed by atoms with Crippen molar-refractivity contribution in [1.82, 2.24) is 29.4 Å². The third-order valence-corrected chi connectivity index (χ3v) is 7.98. The lowest BCUT2D eigenvalue weighted by Crippen LogP contribution is -2.36. The number of fused-ring (bicyclic) bond motifs is 1. The predicted octanol–water partition coefficient (Wildman–Crippen LogP) is 6.00. The van der Waals surface area contributed by atoms with E-state index in [0.29, 0.717) is 34.6 Å². The van der Waals surface area contributed by atoms with Crippen molar-refractivity contribution >= 4 is 22.8 Å². The van der Waals surface area contributed by atoms with Crippen molar-refractivity contribution in [3.63, 3.8) is 0 Å². The Morgan fingerprint density at radius 1 is 1.02 bits per heavy atom. The van der Waals surface area contributed by atoms with Crippen LogP contribution < -0.4 is 5.32 Å². The first kappa shape index (κ1) is 28.0. The second-order valence-electron chi connectivity index (χ2n) is 11.0. The van der Waals surface area contributed by atoms with Crippen LogP contribution in [0, 0.1) is 24.5 Å². The van der Waals surface area contributed by atoms with Gasteiger partial charge in [0.15, 0.2) is 11.6 Å². The number of imidazole rings is 1. The third kappa shape index (κ3) is 5.83. The molecule has 0 radical (unpaired) electrons. The van der Waals surface area contributed by atoms with Crippen molar-refractivity contribution in [2.45, 2.75) is 58.9 Å². The molecule has 0 amide bonds. The molecular weight excluding hydrogens is 512 g/mol. The quantitative estimate of drug-likeness (QED) is 0.265. The van der Waals surface area contributed by atoms with E-state index in [1.165, 1.54) is 11.6 Å². The number of benzene rings is 1. The van der Waals surface area contributed by atoms with Crippen molar-refractivity contribution in [2.24, 2.45) is 5.92 Å². The number of likely N-dealkylation sites (tertiary alicyclic amines) is 1. The first-order chi connectivity index (χ1) is 19.2. The lowest BCUT2D eigenvalue weighted by atomic mass is 9.82. The highest BCUT2D eigenvalue weighted by Crippen LogP contribution is 2.33. The highest BCUT2D eigenvalue weighted by Gasteiger charge is 2.25. The summed E-state index contributed by atoms with van der Waals surface area (Å²) in [6, 6.07) is 6.99. The Bertz CT molecular complexity index is 1460. The summed E-state index contributed by atoms with van der Waals surface area (Å²) in [6.07, 6.45) is 6.04. The van der Waals surface area contributed by atoms with E-state index in [2.05, 4.69) is 43.1 Å². The van der Waals surface area contributed by atoms with Gasteiger partial charge in [0.2, 0.25) is 5.95 Å². The Labute approximate surface area is 233 Å². The van der Waals surface area contributed by atoms with Gasteiger partial charge in [-0.05, 0) is 88.7 Å². The number of aromatic nitrogens is 5. The summed E-state index contributed by atoms with van der Waals surface area (Å²) >= 11 is 0. The summed E-state index contributed by atoms with van der Waals surface area (Å²) in [5.74, 6) is 1.21.